The van der Waals surface area contributed by atoms with Crippen LogP contribution in [0.1, 0.15) is 24.8 Å². The molecule has 3 aromatic rings. The lowest BCUT2D eigenvalue weighted by atomic mass is 10.3. The summed E-state index contributed by atoms with van der Waals surface area (Å²) in [7, 11) is 0. The lowest BCUT2D eigenvalue weighted by Crippen LogP contribution is -2.38. The maximum atomic E-state index is 13.0. The average molecular weight is 497 g/mol. The number of aromatic nitrogens is 2. The zero-order valence-electron chi connectivity index (χ0n) is 15.8. The second kappa shape index (κ2) is 11.5. The van der Waals surface area contributed by atoms with Gasteiger partial charge in [0.25, 0.3) is 0 Å². The van der Waals surface area contributed by atoms with Crippen molar-refractivity contribution in [2.75, 3.05) is 13.1 Å². The van der Waals surface area contributed by atoms with Gasteiger partial charge in [0.05, 0.1) is 24.2 Å². The van der Waals surface area contributed by atoms with Crippen LogP contribution >= 0.6 is 24.0 Å². The highest BCUT2D eigenvalue weighted by Crippen LogP contribution is 2.09. The number of aliphatic imine (C=N–C) groups is 1. The first-order chi connectivity index (χ1) is 13.2. The van der Waals surface area contributed by atoms with E-state index in [0.717, 1.165) is 49.0 Å². The van der Waals surface area contributed by atoms with Crippen LogP contribution in [0.5, 0.6) is 0 Å². The molecule has 1 aromatic carbocycles. The highest BCUT2D eigenvalue weighted by atomic mass is 127. The van der Waals surface area contributed by atoms with Crippen molar-refractivity contribution in [3.8, 4) is 5.69 Å². The largest absolute Gasteiger partial charge is 0.469 e. The van der Waals surface area contributed by atoms with E-state index in [0.29, 0.717) is 6.54 Å². The third-order valence-electron chi connectivity index (χ3n) is 3.92. The second-order valence-electron chi connectivity index (χ2n) is 6.08. The van der Waals surface area contributed by atoms with E-state index < -0.39 is 0 Å². The summed E-state index contributed by atoms with van der Waals surface area (Å²) in [6, 6.07) is 12.0. The molecule has 0 atom stereocenters. The fourth-order valence-electron chi connectivity index (χ4n) is 2.52. The summed E-state index contributed by atoms with van der Waals surface area (Å²) >= 11 is 0. The van der Waals surface area contributed by atoms with Gasteiger partial charge in [-0.3, -0.25) is 0 Å². The minimum atomic E-state index is -0.261. The highest BCUT2D eigenvalue weighted by Gasteiger charge is 2.03. The van der Waals surface area contributed by atoms with E-state index in [1.165, 1.54) is 12.1 Å². The van der Waals surface area contributed by atoms with Crippen LogP contribution in [0, 0.1) is 5.82 Å². The highest BCUT2D eigenvalue weighted by molar-refractivity contribution is 14.0. The number of hydrogen-bond donors (Lipinski definition) is 2. The monoisotopic (exact) mass is 497 g/mol. The van der Waals surface area contributed by atoms with Gasteiger partial charge < -0.3 is 15.1 Å². The van der Waals surface area contributed by atoms with Gasteiger partial charge in [0.1, 0.15) is 11.6 Å². The molecule has 0 fully saturated rings. The molecule has 6 nitrogen and oxygen atoms in total. The summed E-state index contributed by atoms with van der Waals surface area (Å²) in [5.41, 5.74) is 1.65. The van der Waals surface area contributed by atoms with Crippen molar-refractivity contribution < 1.29 is 8.81 Å². The van der Waals surface area contributed by atoms with Crippen LogP contribution in [0.25, 0.3) is 5.69 Å². The molecule has 0 spiro atoms. The molecule has 0 aliphatic heterocycles. The molecule has 0 bridgehead atoms. The van der Waals surface area contributed by atoms with Gasteiger partial charge in [0, 0.05) is 25.7 Å². The van der Waals surface area contributed by atoms with Gasteiger partial charge in [-0.25, -0.2) is 14.1 Å². The third kappa shape index (κ3) is 6.66. The van der Waals surface area contributed by atoms with Gasteiger partial charge in [-0.15, -0.1) is 24.0 Å². The molecule has 0 unspecified atom stereocenters. The SMILES string of the molecule is CCCNC(=NCc1ccn(-c2ccc(F)cc2)n1)NCCc1ccco1.I. The second-order valence-corrected chi connectivity index (χ2v) is 6.08. The molecule has 0 saturated carbocycles. The quantitative estimate of drug-likeness (QED) is 0.282. The zero-order chi connectivity index (χ0) is 18.9. The van der Waals surface area contributed by atoms with Crippen molar-refractivity contribution in [2.24, 2.45) is 4.99 Å². The van der Waals surface area contributed by atoms with E-state index >= 15 is 0 Å². The number of nitrogens with one attached hydrogen (secondary N) is 2. The Labute approximate surface area is 181 Å². The Morgan fingerprint density at radius 2 is 1.93 bits per heavy atom. The summed E-state index contributed by atoms with van der Waals surface area (Å²) in [5.74, 6) is 1.43. The lowest BCUT2D eigenvalue weighted by molar-refractivity contribution is 0.506. The number of guanidine groups is 1. The van der Waals surface area contributed by atoms with E-state index in [1.807, 2.05) is 24.4 Å². The fraction of sp³-hybridized carbons (Fsp3) is 0.300. The van der Waals surface area contributed by atoms with Gasteiger partial charge in [-0.05, 0) is 48.9 Å². The summed E-state index contributed by atoms with van der Waals surface area (Å²) < 4.78 is 20.1. The van der Waals surface area contributed by atoms with Crippen LogP contribution in [0.15, 0.2) is 64.3 Å². The van der Waals surface area contributed by atoms with Crippen molar-refractivity contribution >= 4 is 29.9 Å². The van der Waals surface area contributed by atoms with Crippen molar-refractivity contribution in [3.63, 3.8) is 0 Å². The van der Waals surface area contributed by atoms with E-state index in [9.17, 15) is 4.39 Å². The van der Waals surface area contributed by atoms with E-state index in [1.54, 1.807) is 23.1 Å². The first-order valence-electron chi connectivity index (χ1n) is 9.09. The van der Waals surface area contributed by atoms with Crippen LogP contribution in [0.3, 0.4) is 0 Å². The maximum Gasteiger partial charge on any atom is 0.191 e. The number of hydrogen-bond acceptors (Lipinski definition) is 3. The Kier molecular flexibility index (Phi) is 8.99. The van der Waals surface area contributed by atoms with Gasteiger partial charge >= 0.3 is 0 Å². The van der Waals surface area contributed by atoms with E-state index in [2.05, 4.69) is 27.6 Å². The summed E-state index contributed by atoms with van der Waals surface area (Å²) in [6.07, 6.45) is 5.33. The van der Waals surface area contributed by atoms with Crippen LogP contribution in [0.2, 0.25) is 0 Å². The fourth-order valence-corrected chi connectivity index (χ4v) is 2.52. The number of furan rings is 1. The Morgan fingerprint density at radius 3 is 2.64 bits per heavy atom. The zero-order valence-corrected chi connectivity index (χ0v) is 18.1. The predicted molar refractivity (Wildman–Crippen MR) is 119 cm³/mol. The Morgan fingerprint density at radius 1 is 1.14 bits per heavy atom. The lowest BCUT2D eigenvalue weighted by Gasteiger charge is -2.11. The smallest absolute Gasteiger partial charge is 0.191 e. The summed E-state index contributed by atoms with van der Waals surface area (Å²) in [4.78, 5) is 4.60. The Balaban J connectivity index is 0.00000280. The predicted octanol–water partition coefficient (Wildman–Crippen LogP) is 3.91. The number of nitrogens with zero attached hydrogens (tertiary/aromatic N) is 3. The van der Waals surface area contributed by atoms with Crippen molar-refractivity contribution in [1.82, 2.24) is 20.4 Å². The molecule has 0 saturated heterocycles. The molecule has 0 aliphatic carbocycles. The van der Waals surface area contributed by atoms with Crippen molar-refractivity contribution in [2.45, 2.75) is 26.3 Å². The van der Waals surface area contributed by atoms with E-state index in [4.69, 9.17) is 4.42 Å². The standard InChI is InChI=1S/C20H24FN5O.HI/c1-2-11-22-20(23-12-9-19-4-3-14-27-19)24-15-17-10-13-26(25-17)18-7-5-16(21)6-8-18;/h3-8,10,13-14H,2,9,11-12,15H2,1H3,(H2,22,23,24);1H. The van der Waals surface area contributed by atoms with Crippen LogP contribution < -0.4 is 10.6 Å². The Bertz CT molecular complexity index is 846. The third-order valence-corrected chi connectivity index (χ3v) is 3.92. The van der Waals surface area contributed by atoms with Crippen LogP contribution in [-0.2, 0) is 13.0 Å². The number of halogens is 2. The molecule has 28 heavy (non-hydrogen) atoms. The first-order valence-corrected chi connectivity index (χ1v) is 9.09. The molecule has 8 heteroatoms. The first kappa shape index (κ1) is 21.9. The number of benzene rings is 1. The Hall–Kier alpha value is -2.36. The van der Waals surface area contributed by atoms with Crippen molar-refractivity contribution in [3.05, 3.63) is 72.2 Å². The van der Waals surface area contributed by atoms with Crippen LogP contribution in [0.4, 0.5) is 4.39 Å². The molecule has 0 amide bonds. The maximum absolute atomic E-state index is 13.0. The summed E-state index contributed by atoms with van der Waals surface area (Å²) in [6.45, 7) is 4.13. The van der Waals surface area contributed by atoms with Gasteiger partial charge in [0.2, 0.25) is 0 Å². The van der Waals surface area contributed by atoms with Crippen molar-refractivity contribution in [1.29, 1.82) is 0 Å². The molecular weight excluding hydrogens is 472 g/mol. The molecule has 2 N–H and O–H groups in total. The van der Waals surface area contributed by atoms with Crippen LogP contribution in [-0.4, -0.2) is 28.8 Å². The van der Waals surface area contributed by atoms with Gasteiger partial charge in [0.15, 0.2) is 5.96 Å². The number of rotatable bonds is 8. The summed E-state index contributed by atoms with van der Waals surface area (Å²) in [5, 5.41) is 11.1. The average Bonchev–Trinajstić information content (AvgIpc) is 3.36. The molecule has 2 heterocycles. The van der Waals surface area contributed by atoms with E-state index in [-0.39, 0.29) is 29.8 Å². The molecular formula is C20H25FIN5O. The van der Waals surface area contributed by atoms with Gasteiger partial charge in [-0.1, -0.05) is 6.92 Å². The normalized spacial score (nSPS) is 11.1. The molecule has 150 valence electrons. The van der Waals surface area contributed by atoms with Gasteiger partial charge in [-0.2, -0.15) is 5.10 Å². The molecule has 3 rings (SSSR count). The molecule has 0 aliphatic rings. The molecule has 2 aromatic heterocycles. The minimum absolute atomic E-state index is 0. The molecule has 0 radical (unpaired) electrons. The topological polar surface area (TPSA) is 67.4 Å². The minimum Gasteiger partial charge on any atom is -0.469 e.